The van der Waals surface area contributed by atoms with Crippen LogP contribution >= 0.6 is 0 Å². The second-order valence-electron chi connectivity index (χ2n) is 4.04. The second-order valence-corrected chi connectivity index (χ2v) is 4.04. The Kier molecular flexibility index (Phi) is 5.02. The van der Waals surface area contributed by atoms with Gasteiger partial charge in [0, 0.05) is 18.8 Å². The summed E-state index contributed by atoms with van der Waals surface area (Å²) in [4.78, 5) is 12.0. The molecular formula is C12H15F3N2O2. The average molecular weight is 276 g/mol. The predicted molar refractivity (Wildman–Crippen MR) is 64.7 cm³/mol. The van der Waals surface area contributed by atoms with Crippen LogP contribution in [0, 0.1) is 0 Å². The zero-order valence-electron chi connectivity index (χ0n) is 10.4. The quantitative estimate of drug-likeness (QED) is 0.837. The molecule has 0 aliphatic rings. The van der Waals surface area contributed by atoms with E-state index < -0.39 is 18.6 Å². The van der Waals surface area contributed by atoms with Gasteiger partial charge >= 0.3 is 6.18 Å². The van der Waals surface area contributed by atoms with E-state index in [4.69, 9.17) is 10.5 Å². The Hall–Kier alpha value is -1.92. The van der Waals surface area contributed by atoms with Gasteiger partial charge < -0.3 is 15.4 Å². The van der Waals surface area contributed by atoms with Crippen LogP contribution in [0.15, 0.2) is 24.3 Å². The molecule has 0 unspecified atom stereocenters. The molecule has 106 valence electrons. The number of ether oxygens (including phenoxy) is 1. The lowest BCUT2D eigenvalue weighted by atomic mass is 10.3. The fourth-order valence-electron chi connectivity index (χ4n) is 1.41. The third kappa shape index (κ3) is 5.98. The maximum atomic E-state index is 12.1. The number of anilines is 1. The second kappa shape index (κ2) is 6.31. The summed E-state index contributed by atoms with van der Waals surface area (Å²) < 4.78 is 41.4. The number of nitrogens with zero attached hydrogens (tertiary/aromatic N) is 1. The number of amides is 1. The number of hydrogen-bond donors (Lipinski definition) is 1. The molecule has 0 aliphatic carbocycles. The summed E-state index contributed by atoms with van der Waals surface area (Å²) in [6.45, 7) is -1.26. The van der Waals surface area contributed by atoms with Gasteiger partial charge in [-0.15, -0.1) is 0 Å². The van der Waals surface area contributed by atoms with Crippen molar-refractivity contribution >= 4 is 11.6 Å². The van der Waals surface area contributed by atoms with Crippen molar-refractivity contribution in [1.82, 2.24) is 4.90 Å². The number of hydrogen-bond acceptors (Lipinski definition) is 3. The zero-order chi connectivity index (χ0) is 14.5. The van der Waals surface area contributed by atoms with Gasteiger partial charge in [-0.25, -0.2) is 0 Å². The molecule has 4 nitrogen and oxygen atoms in total. The van der Waals surface area contributed by atoms with E-state index in [2.05, 4.69) is 0 Å². The summed E-state index contributed by atoms with van der Waals surface area (Å²) in [7, 11) is 1.11. The summed E-state index contributed by atoms with van der Waals surface area (Å²) in [5.41, 5.74) is 6.04. The Morgan fingerprint density at radius 3 is 2.68 bits per heavy atom. The molecule has 0 aliphatic heterocycles. The monoisotopic (exact) mass is 276 g/mol. The Bertz CT molecular complexity index is 435. The van der Waals surface area contributed by atoms with Gasteiger partial charge in [0.2, 0.25) is 5.91 Å². The lowest BCUT2D eigenvalue weighted by molar-refractivity contribution is -0.158. The first-order valence-corrected chi connectivity index (χ1v) is 5.57. The Balaban J connectivity index is 2.35. The Morgan fingerprint density at radius 2 is 2.11 bits per heavy atom. The van der Waals surface area contributed by atoms with E-state index in [1.165, 1.54) is 0 Å². The molecule has 0 heterocycles. The molecule has 7 heteroatoms. The number of nitrogens with two attached hydrogens (primary N) is 1. The third-order valence-corrected chi connectivity index (χ3v) is 2.28. The molecule has 1 amide bonds. The Morgan fingerprint density at radius 1 is 1.42 bits per heavy atom. The molecule has 0 aromatic heterocycles. The smallest absolute Gasteiger partial charge is 0.406 e. The lowest BCUT2D eigenvalue weighted by Gasteiger charge is -2.18. The van der Waals surface area contributed by atoms with Gasteiger partial charge in [-0.1, -0.05) is 6.07 Å². The van der Waals surface area contributed by atoms with E-state index in [-0.39, 0.29) is 13.0 Å². The molecule has 1 aromatic carbocycles. The van der Waals surface area contributed by atoms with Gasteiger partial charge in [0.1, 0.15) is 12.3 Å². The van der Waals surface area contributed by atoms with Gasteiger partial charge in [0.05, 0.1) is 13.0 Å². The van der Waals surface area contributed by atoms with Gasteiger partial charge in [-0.05, 0) is 12.1 Å². The molecule has 0 spiro atoms. The molecular weight excluding hydrogens is 261 g/mol. The van der Waals surface area contributed by atoms with Crippen molar-refractivity contribution in [2.75, 3.05) is 25.9 Å². The van der Waals surface area contributed by atoms with Crippen molar-refractivity contribution in [1.29, 1.82) is 0 Å². The van der Waals surface area contributed by atoms with Gasteiger partial charge in [-0.3, -0.25) is 4.79 Å². The van der Waals surface area contributed by atoms with Crippen molar-refractivity contribution in [3.8, 4) is 5.75 Å². The minimum atomic E-state index is -4.39. The molecule has 1 aromatic rings. The number of carbonyl (C=O) groups excluding carboxylic acids is 1. The molecule has 19 heavy (non-hydrogen) atoms. The van der Waals surface area contributed by atoms with Crippen LogP contribution in [0.4, 0.5) is 18.9 Å². The number of benzene rings is 1. The summed E-state index contributed by atoms with van der Waals surface area (Å²) in [5.74, 6) is -0.146. The summed E-state index contributed by atoms with van der Waals surface area (Å²) in [5, 5.41) is 0. The topological polar surface area (TPSA) is 55.6 Å². The fraction of sp³-hybridized carbons (Fsp3) is 0.417. The maximum Gasteiger partial charge on any atom is 0.406 e. The van der Waals surface area contributed by atoms with Crippen LogP contribution in [-0.4, -0.2) is 37.2 Å². The SMILES string of the molecule is CN(CC(F)(F)F)C(=O)CCOc1cccc(N)c1. The predicted octanol–water partition coefficient (Wildman–Crippen LogP) is 2.06. The number of alkyl halides is 3. The van der Waals surface area contributed by atoms with Crippen LogP contribution in [0.1, 0.15) is 6.42 Å². The first kappa shape index (κ1) is 15.1. The molecule has 0 saturated carbocycles. The first-order valence-electron chi connectivity index (χ1n) is 5.57. The normalized spacial score (nSPS) is 11.2. The van der Waals surface area contributed by atoms with Crippen LogP contribution in [0.5, 0.6) is 5.75 Å². The van der Waals surface area contributed by atoms with E-state index in [1.807, 2.05) is 0 Å². The molecule has 0 atom stereocenters. The lowest BCUT2D eigenvalue weighted by Crippen LogP contribution is -2.36. The highest BCUT2D eigenvalue weighted by Crippen LogP contribution is 2.17. The van der Waals surface area contributed by atoms with Gasteiger partial charge in [-0.2, -0.15) is 13.2 Å². The van der Waals surface area contributed by atoms with Crippen molar-refractivity contribution < 1.29 is 22.7 Å². The highest BCUT2D eigenvalue weighted by Gasteiger charge is 2.30. The number of rotatable bonds is 5. The van der Waals surface area contributed by atoms with Crippen molar-refractivity contribution in [2.24, 2.45) is 0 Å². The van der Waals surface area contributed by atoms with Crippen molar-refractivity contribution in [3.63, 3.8) is 0 Å². The molecule has 0 fully saturated rings. The van der Waals surface area contributed by atoms with Gasteiger partial charge in [0.15, 0.2) is 0 Å². The highest BCUT2D eigenvalue weighted by molar-refractivity contribution is 5.76. The van der Waals surface area contributed by atoms with Crippen LogP contribution < -0.4 is 10.5 Å². The standard InChI is InChI=1S/C12H15F3N2O2/c1-17(8-12(13,14)15)11(18)5-6-19-10-4-2-3-9(16)7-10/h2-4,7H,5-6,8,16H2,1H3. The number of carbonyl (C=O) groups is 1. The third-order valence-electron chi connectivity index (χ3n) is 2.28. The minimum Gasteiger partial charge on any atom is -0.493 e. The fourth-order valence-corrected chi connectivity index (χ4v) is 1.41. The van der Waals surface area contributed by atoms with E-state index in [0.717, 1.165) is 7.05 Å². The number of nitrogen functional groups attached to an aromatic ring is 1. The average Bonchev–Trinajstić information content (AvgIpc) is 2.26. The van der Waals surface area contributed by atoms with Crippen molar-refractivity contribution in [3.05, 3.63) is 24.3 Å². The molecule has 0 bridgehead atoms. The molecule has 0 radical (unpaired) electrons. The van der Waals surface area contributed by atoms with Gasteiger partial charge in [0.25, 0.3) is 0 Å². The largest absolute Gasteiger partial charge is 0.493 e. The summed E-state index contributed by atoms with van der Waals surface area (Å²) >= 11 is 0. The van der Waals surface area contributed by atoms with Crippen molar-refractivity contribution in [2.45, 2.75) is 12.6 Å². The van der Waals surface area contributed by atoms with E-state index in [0.29, 0.717) is 16.3 Å². The zero-order valence-corrected chi connectivity index (χ0v) is 10.4. The van der Waals surface area contributed by atoms with Crippen LogP contribution in [-0.2, 0) is 4.79 Å². The Labute approximate surface area is 108 Å². The minimum absolute atomic E-state index is 0.00445. The molecule has 2 N–H and O–H groups in total. The van der Waals surface area contributed by atoms with Crippen LogP contribution in [0.2, 0.25) is 0 Å². The van der Waals surface area contributed by atoms with E-state index >= 15 is 0 Å². The highest BCUT2D eigenvalue weighted by atomic mass is 19.4. The maximum absolute atomic E-state index is 12.1. The molecule has 1 rings (SSSR count). The summed E-state index contributed by atoms with van der Waals surface area (Å²) in [6, 6.07) is 6.58. The molecule has 0 saturated heterocycles. The summed E-state index contributed by atoms with van der Waals surface area (Å²) in [6.07, 6.45) is -4.51. The van der Waals surface area contributed by atoms with E-state index in [1.54, 1.807) is 24.3 Å². The first-order chi connectivity index (χ1) is 8.78. The number of halogens is 3. The van der Waals surface area contributed by atoms with E-state index in [9.17, 15) is 18.0 Å². The van der Waals surface area contributed by atoms with Crippen LogP contribution in [0.25, 0.3) is 0 Å². The van der Waals surface area contributed by atoms with Crippen LogP contribution in [0.3, 0.4) is 0 Å².